The molecule has 0 aromatic carbocycles. The van der Waals surface area contributed by atoms with Crippen LogP contribution in [0.25, 0.3) is 0 Å². The molecule has 132 valence electrons. The van der Waals surface area contributed by atoms with Crippen molar-refractivity contribution in [1.82, 2.24) is 0 Å². The summed E-state index contributed by atoms with van der Waals surface area (Å²) in [5.41, 5.74) is 0. The highest BCUT2D eigenvalue weighted by Crippen LogP contribution is 2.51. The van der Waals surface area contributed by atoms with Crippen molar-refractivity contribution in [3.63, 3.8) is 0 Å². The zero-order chi connectivity index (χ0) is 16.6. The number of rotatable bonds is 0. The van der Waals surface area contributed by atoms with Gasteiger partial charge in [-0.1, -0.05) is 0 Å². The van der Waals surface area contributed by atoms with Gasteiger partial charge in [0.05, 0.1) is 30.8 Å². The van der Waals surface area contributed by atoms with Crippen molar-refractivity contribution in [1.29, 1.82) is 0 Å². The van der Waals surface area contributed by atoms with E-state index in [1.807, 2.05) is 27.7 Å². The van der Waals surface area contributed by atoms with Crippen LogP contribution in [0.4, 0.5) is 0 Å². The summed E-state index contributed by atoms with van der Waals surface area (Å²) in [6, 6.07) is 0. The number of fused-ring (bicyclic) bond motifs is 2. The second-order valence-electron chi connectivity index (χ2n) is 7.72. The molecule has 0 aromatic heterocycles. The molecule has 4 aliphatic heterocycles. The van der Waals surface area contributed by atoms with Gasteiger partial charge in [-0.15, -0.1) is 0 Å². The van der Waals surface area contributed by atoms with Crippen LogP contribution in [0.15, 0.2) is 0 Å². The number of hydrogen-bond acceptors (Lipinski definition) is 7. The van der Waals surface area contributed by atoms with Gasteiger partial charge in [-0.3, -0.25) is 0 Å². The standard InChI is InChI=1S/C16H26O7/c1-7-5-8(2)21-16(20-7)9-6-19-12(11(18)10(9)17)13-14(16)23-15(3,4)22-13/h7-14,17-18H,5-6H2,1-4H3/t7-,8+,9-,10+,11+,12+,13-,14-,16?/m0/s1. The maximum atomic E-state index is 10.6. The van der Waals surface area contributed by atoms with Gasteiger partial charge in [0, 0.05) is 0 Å². The Labute approximate surface area is 135 Å². The maximum absolute atomic E-state index is 10.6. The van der Waals surface area contributed by atoms with Gasteiger partial charge in [0.1, 0.15) is 24.4 Å². The van der Waals surface area contributed by atoms with E-state index in [4.69, 9.17) is 23.7 Å². The van der Waals surface area contributed by atoms with Crippen LogP contribution < -0.4 is 0 Å². The molecule has 2 bridgehead atoms. The third kappa shape index (κ3) is 2.29. The van der Waals surface area contributed by atoms with Crippen molar-refractivity contribution in [2.24, 2.45) is 5.92 Å². The molecule has 9 atom stereocenters. The summed E-state index contributed by atoms with van der Waals surface area (Å²) < 4.78 is 30.4. The Morgan fingerprint density at radius 2 is 1.52 bits per heavy atom. The summed E-state index contributed by atoms with van der Waals surface area (Å²) in [7, 11) is 0. The fourth-order valence-corrected chi connectivity index (χ4v) is 4.57. The Balaban J connectivity index is 1.81. The van der Waals surface area contributed by atoms with Gasteiger partial charge < -0.3 is 33.9 Å². The van der Waals surface area contributed by atoms with E-state index in [1.54, 1.807) is 0 Å². The van der Waals surface area contributed by atoms with Crippen molar-refractivity contribution in [2.75, 3.05) is 6.61 Å². The molecule has 4 heterocycles. The number of aliphatic hydroxyl groups excluding tert-OH is 2. The average molecular weight is 330 g/mol. The van der Waals surface area contributed by atoms with Crippen molar-refractivity contribution in [3.8, 4) is 0 Å². The largest absolute Gasteiger partial charge is 0.390 e. The lowest BCUT2D eigenvalue weighted by Gasteiger charge is -2.50. The maximum Gasteiger partial charge on any atom is 0.205 e. The van der Waals surface area contributed by atoms with E-state index >= 15 is 0 Å². The van der Waals surface area contributed by atoms with E-state index in [-0.39, 0.29) is 18.8 Å². The van der Waals surface area contributed by atoms with Crippen LogP contribution in [0, 0.1) is 5.92 Å². The molecule has 0 amide bonds. The molecular formula is C16H26O7. The Morgan fingerprint density at radius 1 is 0.870 bits per heavy atom. The fourth-order valence-electron chi connectivity index (χ4n) is 4.57. The summed E-state index contributed by atoms with van der Waals surface area (Å²) in [5, 5.41) is 21.1. The van der Waals surface area contributed by atoms with Crippen molar-refractivity contribution < 1.29 is 33.9 Å². The first-order chi connectivity index (χ1) is 10.7. The van der Waals surface area contributed by atoms with Crippen LogP contribution in [0.1, 0.15) is 34.1 Å². The smallest absolute Gasteiger partial charge is 0.205 e. The molecule has 4 saturated heterocycles. The van der Waals surface area contributed by atoms with Crippen LogP contribution in [0.5, 0.6) is 0 Å². The van der Waals surface area contributed by atoms with Crippen molar-refractivity contribution >= 4 is 0 Å². The predicted molar refractivity (Wildman–Crippen MR) is 77.5 cm³/mol. The lowest BCUT2D eigenvalue weighted by Crippen LogP contribution is -2.64. The third-order valence-corrected chi connectivity index (χ3v) is 5.37. The van der Waals surface area contributed by atoms with Gasteiger partial charge in [-0.2, -0.15) is 0 Å². The van der Waals surface area contributed by atoms with E-state index in [1.165, 1.54) is 0 Å². The average Bonchev–Trinajstić information content (AvgIpc) is 2.69. The van der Waals surface area contributed by atoms with Crippen LogP contribution in [0.2, 0.25) is 0 Å². The minimum absolute atomic E-state index is 0.0480. The molecule has 5 rings (SSSR count). The van der Waals surface area contributed by atoms with Crippen LogP contribution in [0.3, 0.4) is 0 Å². The second-order valence-corrected chi connectivity index (χ2v) is 7.72. The molecule has 7 nitrogen and oxygen atoms in total. The highest BCUT2D eigenvalue weighted by Gasteiger charge is 2.69. The van der Waals surface area contributed by atoms with E-state index in [9.17, 15) is 10.2 Å². The SMILES string of the molecule is C[C@@H]1C[C@H](C)OC2(O1)[C@H]1CO[C@H]([C@H](O)[C@@H]1O)[C@@H]1OC(C)(C)O[C@@H]12. The van der Waals surface area contributed by atoms with Crippen molar-refractivity contribution in [2.45, 2.75) is 88.4 Å². The molecule has 0 aromatic rings. The molecule has 2 N–H and O–H groups in total. The Hall–Kier alpha value is -0.280. The molecule has 5 fully saturated rings. The van der Waals surface area contributed by atoms with Crippen LogP contribution in [-0.4, -0.2) is 71.1 Å². The number of hydrogen-bond donors (Lipinski definition) is 2. The molecule has 1 unspecified atom stereocenters. The van der Waals surface area contributed by atoms with Gasteiger partial charge in [0.2, 0.25) is 5.79 Å². The van der Waals surface area contributed by atoms with Gasteiger partial charge >= 0.3 is 0 Å². The molecule has 5 aliphatic rings. The highest BCUT2D eigenvalue weighted by atomic mass is 16.8. The molecular weight excluding hydrogens is 304 g/mol. The van der Waals surface area contributed by atoms with E-state index in [0.29, 0.717) is 0 Å². The Kier molecular flexibility index (Phi) is 3.60. The van der Waals surface area contributed by atoms with Gasteiger partial charge in [-0.05, 0) is 34.1 Å². The highest BCUT2D eigenvalue weighted by molar-refractivity contribution is 5.11. The monoisotopic (exact) mass is 330 g/mol. The first-order valence-electron chi connectivity index (χ1n) is 8.42. The minimum Gasteiger partial charge on any atom is -0.390 e. The predicted octanol–water partition coefficient (Wildman–Crippen LogP) is 0.167. The summed E-state index contributed by atoms with van der Waals surface area (Å²) in [6.07, 6.45) is -3.18. The molecule has 7 heteroatoms. The van der Waals surface area contributed by atoms with Gasteiger partial charge in [-0.25, -0.2) is 0 Å². The number of ether oxygens (including phenoxy) is 5. The molecule has 1 saturated carbocycles. The quantitative estimate of drug-likeness (QED) is 0.654. The van der Waals surface area contributed by atoms with Gasteiger partial charge in [0.25, 0.3) is 0 Å². The second kappa shape index (κ2) is 5.11. The normalized spacial score (nSPS) is 58.2. The Morgan fingerprint density at radius 3 is 2.17 bits per heavy atom. The lowest BCUT2D eigenvalue weighted by molar-refractivity contribution is -0.383. The minimum atomic E-state index is -1.18. The molecule has 1 spiro atoms. The Bertz CT molecular complexity index is 471. The summed E-state index contributed by atoms with van der Waals surface area (Å²) >= 11 is 0. The van der Waals surface area contributed by atoms with Gasteiger partial charge in [0.15, 0.2) is 5.79 Å². The lowest BCUT2D eigenvalue weighted by atomic mass is 9.86. The third-order valence-electron chi connectivity index (χ3n) is 5.37. The van der Waals surface area contributed by atoms with E-state index < -0.39 is 48.0 Å². The van der Waals surface area contributed by atoms with Crippen molar-refractivity contribution in [3.05, 3.63) is 0 Å². The first kappa shape index (κ1) is 16.2. The zero-order valence-corrected chi connectivity index (χ0v) is 14.0. The zero-order valence-electron chi connectivity index (χ0n) is 14.0. The molecule has 23 heavy (non-hydrogen) atoms. The molecule has 0 radical (unpaired) electrons. The number of aliphatic hydroxyl groups is 2. The summed E-state index contributed by atoms with van der Waals surface area (Å²) in [5.74, 6) is -2.54. The van der Waals surface area contributed by atoms with Crippen LogP contribution in [-0.2, 0) is 23.7 Å². The fraction of sp³-hybridized carbons (Fsp3) is 1.00. The summed E-state index contributed by atoms with van der Waals surface area (Å²) in [6.45, 7) is 7.85. The first-order valence-corrected chi connectivity index (χ1v) is 8.42. The van der Waals surface area contributed by atoms with E-state index in [2.05, 4.69) is 0 Å². The topological polar surface area (TPSA) is 86.6 Å². The van der Waals surface area contributed by atoms with E-state index in [0.717, 1.165) is 6.42 Å². The summed E-state index contributed by atoms with van der Waals surface area (Å²) in [4.78, 5) is 0. The van der Waals surface area contributed by atoms with Crippen LogP contribution >= 0.6 is 0 Å². The molecule has 1 aliphatic carbocycles.